The number of halogens is 2. The number of carboxylic acid groups (broad SMARTS) is 2. The van der Waals surface area contributed by atoms with Crippen LogP contribution in [0.15, 0.2) is 0 Å². The van der Waals surface area contributed by atoms with Crippen molar-refractivity contribution in [2.24, 2.45) is 10.8 Å². The molecule has 0 aliphatic rings. The van der Waals surface area contributed by atoms with Crippen LogP contribution in [0.3, 0.4) is 0 Å². The van der Waals surface area contributed by atoms with Crippen LogP contribution in [0.4, 0.5) is 0 Å². The van der Waals surface area contributed by atoms with E-state index in [2.05, 4.69) is 0 Å². The maximum absolute atomic E-state index is 11.0. The summed E-state index contributed by atoms with van der Waals surface area (Å²) in [6.07, 6.45) is 10.5. The second kappa shape index (κ2) is 12.1. The van der Waals surface area contributed by atoms with E-state index < -0.39 is 22.7 Å². The molecule has 0 unspecified atom stereocenters. The Bertz CT molecular complexity index is 396. The summed E-state index contributed by atoms with van der Waals surface area (Å²) in [4.78, 5) is 21.9. The van der Waals surface area contributed by atoms with Gasteiger partial charge in [-0.25, -0.2) is 0 Å². The van der Waals surface area contributed by atoms with E-state index in [1.54, 1.807) is 0 Å². The summed E-state index contributed by atoms with van der Waals surface area (Å²) in [6.45, 7) is 7.65. The van der Waals surface area contributed by atoms with Gasteiger partial charge in [-0.3, -0.25) is 9.59 Å². The summed E-state index contributed by atoms with van der Waals surface area (Å²) in [6, 6.07) is 0. The Morgan fingerprint density at radius 2 is 0.885 bits per heavy atom. The minimum Gasteiger partial charge on any atom is -0.480 e. The molecule has 0 saturated heterocycles. The van der Waals surface area contributed by atoms with E-state index in [-0.39, 0.29) is 10.8 Å². The molecule has 0 heterocycles. The zero-order valence-corrected chi connectivity index (χ0v) is 18.2. The lowest BCUT2D eigenvalue weighted by Gasteiger charge is -2.27. The fourth-order valence-electron chi connectivity index (χ4n) is 3.14. The second-order valence-electron chi connectivity index (χ2n) is 8.71. The van der Waals surface area contributed by atoms with E-state index in [0.29, 0.717) is 0 Å². The molecule has 0 amide bonds. The molecule has 2 N–H and O–H groups in total. The van der Waals surface area contributed by atoms with Gasteiger partial charge in [0.25, 0.3) is 0 Å². The highest BCUT2D eigenvalue weighted by molar-refractivity contribution is 6.30. The summed E-state index contributed by atoms with van der Waals surface area (Å²) >= 11 is 11.9. The molecule has 0 aliphatic carbocycles. The summed E-state index contributed by atoms with van der Waals surface area (Å²) < 4.78 is 0. The lowest BCUT2D eigenvalue weighted by molar-refractivity contribution is -0.139. The topological polar surface area (TPSA) is 74.6 Å². The number of carboxylic acids is 2. The standard InChI is InChI=1S/C20H36Cl2O4/c1-19(2,15(21)17(23)24)13-11-9-7-5-6-8-10-12-14-20(3,4)16(22)18(25)26/h15-16H,5-14H2,1-4H3,(H,23,24)(H,25,26)/t15-,16+. The van der Waals surface area contributed by atoms with E-state index in [0.717, 1.165) is 51.4 Å². The largest absolute Gasteiger partial charge is 0.480 e. The molecule has 0 saturated carbocycles. The number of aliphatic carboxylic acids is 2. The molecule has 0 aromatic carbocycles. The van der Waals surface area contributed by atoms with Gasteiger partial charge in [0.2, 0.25) is 0 Å². The van der Waals surface area contributed by atoms with Crippen LogP contribution >= 0.6 is 23.2 Å². The third-order valence-corrected chi connectivity index (χ3v) is 6.75. The molecule has 0 radical (unpaired) electrons. The smallest absolute Gasteiger partial charge is 0.322 e. The van der Waals surface area contributed by atoms with Gasteiger partial charge in [-0.2, -0.15) is 0 Å². The van der Waals surface area contributed by atoms with Gasteiger partial charge in [0.15, 0.2) is 0 Å². The Morgan fingerprint density at radius 1 is 0.654 bits per heavy atom. The lowest BCUT2D eigenvalue weighted by atomic mass is 9.83. The van der Waals surface area contributed by atoms with Gasteiger partial charge in [0.1, 0.15) is 10.8 Å². The molecule has 2 atom stereocenters. The number of hydrogen-bond donors (Lipinski definition) is 2. The first kappa shape index (κ1) is 25.5. The molecule has 6 heteroatoms. The van der Waals surface area contributed by atoms with Crippen LogP contribution in [-0.2, 0) is 9.59 Å². The van der Waals surface area contributed by atoms with E-state index in [4.69, 9.17) is 33.4 Å². The zero-order valence-electron chi connectivity index (χ0n) is 16.7. The van der Waals surface area contributed by atoms with Gasteiger partial charge >= 0.3 is 11.9 Å². The predicted octanol–water partition coefficient (Wildman–Crippen LogP) is 6.32. The maximum Gasteiger partial charge on any atom is 0.322 e. The summed E-state index contributed by atoms with van der Waals surface area (Å²) in [5.41, 5.74) is -0.757. The van der Waals surface area contributed by atoms with Crippen molar-refractivity contribution in [3.8, 4) is 0 Å². The number of alkyl halides is 2. The summed E-state index contributed by atoms with van der Waals surface area (Å²) in [5.74, 6) is -1.88. The molecule has 0 rings (SSSR count). The fourth-order valence-corrected chi connectivity index (χ4v) is 3.36. The van der Waals surface area contributed by atoms with Crippen molar-refractivity contribution in [2.45, 2.75) is 103 Å². The normalized spacial score (nSPS) is 14.8. The van der Waals surface area contributed by atoms with Crippen molar-refractivity contribution >= 4 is 35.1 Å². The monoisotopic (exact) mass is 410 g/mol. The third-order valence-electron chi connectivity index (χ3n) is 5.20. The molecular formula is C20H36Cl2O4. The number of hydrogen-bond acceptors (Lipinski definition) is 2. The van der Waals surface area contributed by atoms with E-state index >= 15 is 0 Å². The van der Waals surface area contributed by atoms with Gasteiger partial charge in [-0.15, -0.1) is 23.2 Å². The molecule has 26 heavy (non-hydrogen) atoms. The minimum absolute atomic E-state index is 0.379. The first-order valence-corrected chi connectivity index (χ1v) is 10.5. The fraction of sp³-hybridized carbons (Fsp3) is 0.900. The molecule has 0 bridgehead atoms. The minimum atomic E-state index is -0.941. The first-order chi connectivity index (χ1) is 11.9. The Morgan fingerprint density at radius 3 is 1.12 bits per heavy atom. The average Bonchev–Trinajstić information content (AvgIpc) is 2.54. The van der Waals surface area contributed by atoms with Crippen LogP contribution in [-0.4, -0.2) is 32.9 Å². The maximum atomic E-state index is 11.0. The van der Waals surface area contributed by atoms with Crippen LogP contribution in [0.2, 0.25) is 0 Å². The molecule has 0 fully saturated rings. The van der Waals surface area contributed by atoms with Crippen molar-refractivity contribution in [1.82, 2.24) is 0 Å². The lowest BCUT2D eigenvalue weighted by Crippen LogP contribution is -2.31. The van der Waals surface area contributed by atoms with Crippen LogP contribution in [0.1, 0.15) is 91.9 Å². The Hall–Kier alpha value is -0.480. The van der Waals surface area contributed by atoms with Crippen LogP contribution in [0, 0.1) is 10.8 Å². The van der Waals surface area contributed by atoms with E-state index in [9.17, 15) is 9.59 Å². The SMILES string of the molecule is CC(C)(CCCCCCCCCCC(C)(C)[C@@H](Cl)C(=O)O)[C@H](Cl)C(=O)O. The highest BCUT2D eigenvalue weighted by atomic mass is 35.5. The zero-order chi connectivity index (χ0) is 20.4. The Labute approximate surface area is 168 Å². The van der Waals surface area contributed by atoms with Crippen molar-refractivity contribution < 1.29 is 19.8 Å². The molecule has 0 aromatic heterocycles. The molecule has 154 valence electrons. The van der Waals surface area contributed by atoms with Gasteiger partial charge < -0.3 is 10.2 Å². The molecule has 0 spiro atoms. The summed E-state index contributed by atoms with van der Waals surface area (Å²) in [5, 5.41) is 16.3. The Kier molecular flexibility index (Phi) is 11.8. The molecular weight excluding hydrogens is 375 g/mol. The van der Waals surface area contributed by atoms with Crippen molar-refractivity contribution in [3.63, 3.8) is 0 Å². The third kappa shape index (κ3) is 10.0. The van der Waals surface area contributed by atoms with Gasteiger partial charge in [-0.1, -0.05) is 79.1 Å². The van der Waals surface area contributed by atoms with Crippen molar-refractivity contribution in [2.75, 3.05) is 0 Å². The molecule has 0 aromatic rings. The van der Waals surface area contributed by atoms with Crippen molar-refractivity contribution in [1.29, 1.82) is 0 Å². The second-order valence-corrected chi connectivity index (χ2v) is 9.58. The van der Waals surface area contributed by atoms with E-state index in [1.807, 2.05) is 27.7 Å². The highest BCUT2D eigenvalue weighted by Crippen LogP contribution is 2.33. The van der Waals surface area contributed by atoms with Gasteiger partial charge in [-0.05, 0) is 23.7 Å². The molecule has 4 nitrogen and oxygen atoms in total. The number of rotatable bonds is 15. The van der Waals surface area contributed by atoms with Gasteiger partial charge in [0.05, 0.1) is 0 Å². The van der Waals surface area contributed by atoms with Gasteiger partial charge in [0, 0.05) is 0 Å². The molecule has 0 aliphatic heterocycles. The quantitative estimate of drug-likeness (QED) is 0.244. The van der Waals surface area contributed by atoms with Crippen molar-refractivity contribution in [3.05, 3.63) is 0 Å². The Balaban J connectivity index is 3.69. The van der Waals surface area contributed by atoms with E-state index in [1.165, 1.54) is 12.8 Å². The summed E-state index contributed by atoms with van der Waals surface area (Å²) in [7, 11) is 0. The van der Waals surface area contributed by atoms with Crippen LogP contribution in [0.25, 0.3) is 0 Å². The predicted molar refractivity (Wildman–Crippen MR) is 108 cm³/mol. The van der Waals surface area contributed by atoms with Crippen LogP contribution in [0.5, 0.6) is 0 Å². The number of unbranched alkanes of at least 4 members (excludes halogenated alkanes) is 7. The highest BCUT2D eigenvalue weighted by Gasteiger charge is 2.33. The number of carbonyl (C=O) groups is 2. The first-order valence-electron chi connectivity index (χ1n) is 9.65. The van der Waals surface area contributed by atoms with Crippen LogP contribution < -0.4 is 0 Å². The average molecular weight is 411 g/mol.